The number of hydrogen-bond donors (Lipinski definition) is 0. The molecular weight excluding hydrogens is 439 g/mol. The van der Waals surface area contributed by atoms with Crippen molar-refractivity contribution >= 4 is 10.8 Å². The summed E-state index contributed by atoms with van der Waals surface area (Å²) in [5.41, 5.74) is 6.29. The summed E-state index contributed by atoms with van der Waals surface area (Å²) in [5, 5.41) is 1.59. The van der Waals surface area contributed by atoms with E-state index in [9.17, 15) is 0 Å². The van der Waals surface area contributed by atoms with Gasteiger partial charge >= 0.3 is 0 Å². The van der Waals surface area contributed by atoms with Crippen LogP contribution in [0.3, 0.4) is 0 Å². The van der Waals surface area contributed by atoms with Crippen molar-refractivity contribution in [3.63, 3.8) is 0 Å². The number of benzene rings is 4. The first-order chi connectivity index (χ1) is 17.7. The predicted molar refractivity (Wildman–Crippen MR) is 153 cm³/mol. The summed E-state index contributed by atoms with van der Waals surface area (Å²) >= 11 is 0. The molecule has 0 aliphatic carbocycles. The molecule has 0 unspecified atom stereocenters. The summed E-state index contributed by atoms with van der Waals surface area (Å²) in [6.07, 6.45) is 12.4. The van der Waals surface area contributed by atoms with Crippen LogP contribution in [0.1, 0.15) is 68.2 Å². The standard InChI is InChI=1S/C35H35F/c1-3-5-7-9-11-29-17-25-34-33(26-29)24-23-32(35(34)36)22-16-28-14-20-31(21-15-28)30-18-12-27(13-19-30)10-8-6-4-2/h4,6,12-15,17-21,23-26H,3,5,7-11H2,1-2H3/b6-4+. The van der Waals surface area contributed by atoms with Gasteiger partial charge in [0.25, 0.3) is 0 Å². The minimum absolute atomic E-state index is 0.233. The van der Waals surface area contributed by atoms with Crippen molar-refractivity contribution in [1.82, 2.24) is 0 Å². The van der Waals surface area contributed by atoms with Gasteiger partial charge in [0.05, 0.1) is 5.56 Å². The largest absolute Gasteiger partial charge is 0.205 e. The van der Waals surface area contributed by atoms with Crippen LogP contribution in [0, 0.1) is 17.7 Å². The van der Waals surface area contributed by atoms with Crippen LogP contribution in [0.2, 0.25) is 0 Å². The summed E-state index contributed by atoms with van der Waals surface area (Å²) in [4.78, 5) is 0. The number of allylic oxidation sites excluding steroid dienone is 2. The fourth-order valence-corrected chi connectivity index (χ4v) is 4.52. The summed E-state index contributed by atoms with van der Waals surface area (Å²) in [6.45, 7) is 4.28. The Morgan fingerprint density at radius 2 is 1.44 bits per heavy atom. The third-order valence-electron chi connectivity index (χ3n) is 6.69. The third kappa shape index (κ3) is 6.73. The predicted octanol–water partition coefficient (Wildman–Crippen LogP) is 9.68. The van der Waals surface area contributed by atoms with Crippen molar-refractivity contribution in [2.24, 2.45) is 0 Å². The molecule has 36 heavy (non-hydrogen) atoms. The highest BCUT2D eigenvalue weighted by molar-refractivity contribution is 5.85. The molecule has 0 heterocycles. The van der Waals surface area contributed by atoms with Crippen LogP contribution in [0.5, 0.6) is 0 Å². The summed E-state index contributed by atoms with van der Waals surface area (Å²) in [6, 6.07) is 26.8. The van der Waals surface area contributed by atoms with E-state index in [4.69, 9.17) is 0 Å². The average Bonchev–Trinajstić information content (AvgIpc) is 2.92. The first-order valence-corrected chi connectivity index (χ1v) is 13.2. The maximum atomic E-state index is 15.2. The molecule has 0 atom stereocenters. The van der Waals surface area contributed by atoms with Crippen molar-refractivity contribution in [2.75, 3.05) is 0 Å². The SMILES string of the molecule is C/C=C/CCc1ccc(-c2ccc(C#Cc3ccc4cc(CCCCCC)ccc4c3F)cc2)cc1. The van der Waals surface area contributed by atoms with Crippen LogP contribution in [0.25, 0.3) is 21.9 Å². The van der Waals surface area contributed by atoms with Crippen molar-refractivity contribution < 1.29 is 4.39 Å². The van der Waals surface area contributed by atoms with Gasteiger partial charge < -0.3 is 0 Å². The van der Waals surface area contributed by atoms with E-state index in [1.807, 2.05) is 24.3 Å². The summed E-state index contributed by atoms with van der Waals surface area (Å²) < 4.78 is 15.2. The highest BCUT2D eigenvalue weighted by Crippen LogP contribution is 2.24. The van der Waals surface area contributed by atoms with E-state index < -0.39 is 0 Å². The van der Waals surface area contributed by atoms with Crippen LogP contribution in [0.4, 0.5) is 4.39 Å². The zero-order valence-electron chi connectivity index (χ0n) is 21.5. The fraction of sp³-hybridized carbons (Fsp3) is 0.257. The van der Waals surface area contributed by atoms with Crippen molar-refractivity contribution in [3.05, 3.63) is 119 Å². The van der Waals surface area contributed by atoms with Gasteiger partial charge in [0.1, 0.15) is 5.82 Å². The molecule has 0 aliphatic rings. The molecule has 0 bridgehead atoms. The van der Waals surface area contributed by atoms with Gasteiger partial charge in [0, 0.05) is 10.9 Å². The fourth-order valence-electron chi connectivity index (χ4n) is 4.52. The quantitative estimate of drug-likeness (QED) is 0.129. The minimum Gasteiger partial charge on any atom is -0.205 e. The van der Waals surface area contributed by atoms with Gasteiger partial charge in [0.15, 0.2) is 0 Å². The maximum Gasteiger partial charge on any atom is 0.146 e. The molecule has 0 aliphatic heterocycles. The molecule has 0 radical (unpaired) electrons. The second-order valence-corrected chi connectivity index (χ2v) is 9.43. The number of rotatable bonds is 9. The molecule has 4 aromatic carbocycles. The van der Waals surface area contributed by atoms with Gasteiger partial charge in [-0.25, -0.2) is 4.39 Å². The molecular formula is C35H35F. The summed E-state index contributed by atoms with van der Waals surface area (Å²) in [7, 11) is 0. The van der Waals surface area contributed by atoms with Crippen molar-refractivity contribution in [2.45, 2.75) is 58.8 Å². The van der Waals surface area contributed by atoms with Gasteiger partial charge in [0.2, 0.25) is 0 Å². The molecule has 0 N–H and O–H groups in total. The second-order valence-electron chi connectivity index (χ2n) is 9.43. The highest BCUT2D eigenvalue weighted by atomic mass is 19.1. The average molecular weight is 475 g/mol. The van der Waals surface area contributed by atoms with E-state index in [1.165, 1.54) is 42.4 Å². The number of unbranched alkanes of at least 4 members (excludes halogenated alkanes) is 3. The zero-order valence-corrected chi connectivity index (χ0v) is 21.5. The van der Waals surface area contributed by atoms with E-state index in [-0.39, 0.29) is 5.82 Å². The Morgan fingerprint density at radius 1 is 0.722 bits per heavy atom. The Morgan fingerprint density at radius 3 is 2.17 bits per heavy atom. The third-order valence-corrected chi connectivity index (χ3v) is 6.69. The van der Waals surface area contributed by atoms with Gasteiger partial charge in [-0.2, -0.15) is 0 Å². The van der Waals surface area contributed by atoms with Gasteiger partial charge in [-0.3, -0.25) is 0 Å². The minimum atomic E-state index is -0.233. The lowest BCUT2D eigenvalue weighted by Crippen LogP contribution is -1.90. The molecule has 182 valence electrons. The molecule has 0 spiro atoms. The number of halogens is 1. The maximum absolute atomic E-state index is 15.2. The Balaban J connectivity index is 1.44. The zero-order chi connectivity index (χ0) is 25.2. The molecule has 1 heteroatoms. The Bertz CT molecular complexity index is 1360. The van der Waals surface area contributed by atoms with Gasteiger partial charge in [-0.1, -0.05) is 111 Å². The Labute approximate surface area is 215 Å². The molecule has 0 fully saturated rings. The highest BCUT2D eigenvalue weighted by Gasteiger charge is 2.07. The first kappa shape index (κ1) is 25.5. The van der Waals surface area contributed by atoms with Crippen molar-refractivity contribution in [1.29, 1.82) is 0 Å². The van der Waals surface area contributed by atoms with Crippen LogP contribution in [-0.2, 0) is 12.8 Å². The molecule has 0 saturated carbocycles. The lowest BCUT2D eigenvalue weighted by atomic mass is 10.00. The number of aryl methyl sites for hydroxylation is 2. The molecule has 4 aromatic rings. The number of hydrogen-bond acceptors (Lipinski definition) is 0. The van der Waals surface area contributed by atoms with E-state index in [0.29, 0.717) is 10.9 Å². The van der Waals surface area contributed by atoms with E-state index >= 15 is 4.39 Å². The first-order valence-electron chi connectivity index (χ1n) is 13.2. The van der Waals surface area contributed by atoms with Crippen LogP contribution < -0.4 is 0 Å². The monoisotopic (exact) mass is 474 g/mol. The lowest BCUT2D eigenvalue weighted by Gasteiger charge is -2.06. The Kier molecular flexibility index (Phi) is 9.12. The Hall–Kier alpha value is -3.63. The van der Waals surface area contributed by atoms with Crippen LogP contribution in [-0.4, -0.2) is 0 Å². The molecule has 0 nitrogen and oxygen atoms in total. The summed E-state index contributed by atoms with van der Waals surface area (Å²) in [5.74, 6) is 5.95. The van der Waals surface area contributed by atoms with E-state index in [2.05, 4.69) is 86.4 Å². The van der Waals surface area contributed by atoms with Gasteiger partial charge in [-0.05, 0) is 78.4 Å². The molecule has 0 aromatic heterocycles. The van der Waals surface area contributed by atoms with E-state index in [1.54, 1.807) is 6.07 Å². The topological polar surface area (TPSA) is 0 Å². The number of fused-ring (bicyclic) bond motifs is 1. The van der Waals surface area contributed by atoms with Crippen LogP contribution in [0.15, 0.2) is 91.0 Å². The molecule has 4 rings (SSSR count). The smallest absolute Gasteiger partial charge is 0.146 e. The van der Waals surface area contributed by atoms with Gasteiger partial charge in [-0.15, -0.1) is 0 Å². The van der Waals surface area contributed by atoms with Crippen molar-refractivity contribution in [3.8, 4) is 23.0 Å². The van der Waals surface area contributed by atoms with E-state index in [0.717, 1.165) is 35.8 Å². The van der Waals surface area contributed by atoms with Crippen LogP contribution >= 0.6 is 0 Å². The lowest BCUT2D eigenvalue weighted by molar-refractivity contribution is 0.636. The molecule has 0 amide bonds. The second kappa shape index (κ2) is 12.9. The normalized spacial score (nSPS) is 11.1. The molecule has 0 saturated heterocycles.